The fourth-order valence-electron chi connectivity index (χ4n) is 2.42. The van der Waals surface area contributed by atoms with Gasteiger partial charge in [0.15, 0.2) is 11.5 Å². The van der Waals surface area contributed by atoms with Gasteiger partial charge in [-0.25, -0.2) is 0 Å². The van der Waals surface area contributed by atoms with Crippen LogP contribution in [0.5, 0.6) is 11.5 Å². The first-order valence-electron chi connectivity index (χ1n) is 6.98. The molecular weight excluding hydrogens is 256 g/mol. The van der Waals surface area contributed by atoms with Crippen molar-refractivity contribution in [1.29, 1.82) is 0 Å². The van der Waals surface area contributed by atoms with Crippen LogP contribution < -0.4 is 20.1 Å². The normalized spacial score (nSPS) is 21.6. The molecule has 110 valence electrons. The first kappa shape index (κ1) is 14.7. The van der Waals surface area contributed by atoms with E-state index in [4.69, 9.17) is 9.47 Å². The molecule has 1 aromatic rings. The zero-order chi connectivity index (χ0) is 14.5. The lowest BCUT2D eigenvalue weighted by Crippen LogP contribution is -2.27. The van der Waals surface area contributed by atoms with Crippen LogP contribution >= 0.6 is 0 Å². The summed E-state index contributed by atoms with van der Waals surface area (Å²) in [5.74, 6) is 1.74. The summed E-state index contributed by atoms with van der Waals surface area (Å²) < 4.78 is 10.7. The van der Waals surface area contributed by atoms with Crippen molar-refractivity contribution in [2.24, 2.45) is 11.8 Å². The third-order valence-corrected chi connectivity index (χ3v) is 3.59. The average Bonchev–Trinajstić information content (AvgIpc) is 2.86. The predicted octanol–water partition coefficient (Wildman–Crippen LogP) is 1.89. The Hall–Kier alpha value is -1.75. The van der Waals surface area contributed by atoms with Crippen LogP contribution in [-0.2, 0) is 4.79 Å². The highest BCUT2D eigenvalue weighted by Gasteiger charge is 2.29. The Bertz CT molecular complexity index is 476. The maximum atomic E-state index is 12.2. The number of hydrogen-bond acceptors (Lipinski definition) is 4. The van der Waals surface area contributed by atoms with E-state index in [9.17, 15) is 4.79 Å². The van der Waals surface area contributed by atoms with Crippen LogP contribution in [-0.4, -0.2) is 32.7 Å². The van der Waals surface area contributed by atoms with Crippen molar-refractivity contribution in [3.63, 3.8) is 0 Å². The topological polar surface area (TPSA) is 59.6 Å². The molecule has 1 aliphatic rings. The molecule has 1 saturated heterocycles. The Morgan fingerprint density at radius 2 is 2.20 bits per heavy atom. The van der Waals surface area contributed by atoms with Crippen LogP contribution in [0.2, 0.25) is 0 Å². The van der Waals surface area contributed by atoms with Gasteiger partial charge in [-0.15, -0.1) is 0 Å². The van der Waals surface area contributed by atoms with E-state index in [1.165, 1.54) is 0 Å². The number of rotatable bonds is 5. The number of carbonyl (C=O) groups excluding carboxylic acids is 1. The van der Waals surface area contributed by atoms with E-state index >= 15 is 0 Å². The molecule has 0 aliphatic carbocycles. The number of benzene rings is 1. The van der Waals surface area contributed by atoms with Gasteiger partial charge in [0.05, 0.1) is 19.6 Å². The number of nitrogens with one attached hydrogen (secondary N) is 2. The average molecular weight is 278 g/mol. The SMILES string of the molecule is CCOc1cc(NC(=O)[C@@H]2CNC[C@H]2C)ccc1OC. The molecule has 0 spiro atoms. The lowest BCUT2D eigenvalue weighted by molar-refractivity contribution is -0.120. The summed E-state index contributed by atoms with van der Waals surface area (Å²) in [6.07, 6.45) is 0. The molecule has 20 heavy (non-hydrogen) atoms. The molecule has 2 N–H and O–H groups in total. The molecule has 0 radical (unpaired) electrons. The summed E-state index contributed by atoms with van der Waals surface area (Å²) in [7, 11) is 1.60. The monoisotopic (exact) mass is 278 g/mol. The number of amides is 1. The molecule has 0 aromatic heterocycles. The molecule has 0 unspecified atom stereocenters. The van der Waals surface area contributed by atoms with Gasteiger partial charge in [0, 0.05) is 18.3 Å². The van der Waals surface area contributed by atoms with Gasteiger partial charge in [-0.2, -0.15) is 0 Å². The summed E-state index contributed by atoms with van der Waals surface area (Å²) in [6.45, 7) is 6.18. The van der Waals surface area contributed by atoms with Crippen molar-refractivity contribution in [1.82, 2.24) is 5.32 Å². The Kier molecular flexibility index (Phi) is 4.84. The van der Waals surface area contributed by atoms with Gasteiger partial charge in [0.2, 0.25) is 5.91 Å². The maximum absolute atomic E-state index is 12.2. The summed E-state index contributed by atoms with van der Waals surface area (Å²) in [6, 6.07) is 5.43. The zero-order valence-electron chi connectivity index (χ0n) is 12.2. The first-order chi connectivity index (χ1) is 9.65. The second-order valence-electron chi connectivity index (χ2n) is 5.03. The number of methoxy groups -OCH3 is 1. The molecule has 5 nitrogen and oxygen atoms in total. The van der Waals surface area contributed by atoms with Crippen LogP contribution in [0.15, 0.2) is 18.2 Å². The molecule has 5 heteroatoms. The minimum absolute atomic E-state index is 0.0210. The standard InChI is InChI=1S/C15H22N2O3/c1-4-20-14-7-11(5-6-13(14)19-3)17-15(18)12-9-16-8-10(12)2/h5-7,10,12,16H,4,8-9H2,1-3H3,(H,17,18)/t10-,12-/m1/s1. The Morgan fingerprint density at radius 1 is 1.40 bits per heavy atom. The Balaban J connectivity index is 2.09. The van der Waals surface area contributed by atoms with Crippen molar-refractivity contribution < 1.29 is 14.3 Å². The number of carbonyl (C=O) groups is 1. The molecule has 1 amide bonds. The highest BCUT2D eigenvalue weighted by atomic mass is 16.5. The number of hydrogen-bond donors (Lipinski definition) is 2. The summed E-state index contributed by atoms with van der Waals surface area (Å²) in [4.78, 5) is 12.2. The molecule has 1 aromatic carbocycles. The van der Waals surface area contributed by atoms with Crippen molar-refractivity contribution in [3.8, 4) is 11.5 Å². The van der Waals surface area contributed by atoms with E-state index in [0.717, 1.165) is 18.8 Å². The smallest absolute Gasteiger partial charge is 0.229 e. The zero-order valence-corrected chi connectivity index (χ0v) is 12.2. The molecule has 0 saturated carbocycles. The van der Waals surface area contributed by atoms with Gasteiger partial charge in [-0.3, -0.25) is 4.79 Å². The Labute approximate surface area is 119 Å². The van der Waals surface area contributed by atoms with Gasteiger partial charge < -0.3 is 20.1 Å². The van der Waals surface area contributed by atoms with Crippen molar-refractivity contribution >= 4 is 11.6 Å². The van der Waals surface area contributed by atoms with E-state index in [-0.39, 0.29) is 11.8 Å². The van der Waals surface area contributed by atoms with Crippen LogP contribution in [0, 0.1) is 11.8 Å². The van der Waals surface area contributed by atoms with Crippen LogP contribution in [0.3, 0.4) is 0 Å². The van der Waals surface area contributed by atoms with E-state index in [2.05, 4.69) is 17.6 Å². The third kappa shape index (κ3) is 3.22. The number of anilines is 1. The van der Waals surface area contributed by atoms with E-state index in [0.29, 0.717) is 24.0 Å². The lowest BCUT2D eigenvalue weighted by atomic mass is 9.97. The fraction of sp³-hybridized carbons (Fsp3) is 0.533. The van der Waals surface area contributed by atoms with Crippen LogP contribution in [0.25, 0.3) is 0 Å². The number of ether oxygens (including phenoxy) is 2. The third-order valence-electron chi connectivity index (χ3n) is 3.59. The summed E-state index contributed by atoms with van der Waals surface area (Å²) in [5, 5.41) is 6.18. The highest BCUT2D eigenvalue weighted by Crippen LogP contribution is 2.30. The minimum Gasteiger partial charge on any atom is -0.493 e. The first-order valence-corrected chi connectivity index (χ1v) is 6.98. The summed E-state index contributed by atoms with van der Waals surface area (Å²) in [5.41, 5.74) is 0.735. The summed E-state index contributed by atoms with van der Waals surface area (Å²) >= 11 is 0. The van der Waals surface area contributed by atoms with E-state index in [1.54, 1.807) is 19.2 Å². The molecular formula is C15H22N2O3. The molecule has 1 aliphatic heterocycles. The Morgan fingerprint density at radius 3 is 2.80 bits per heavy atom. The fourth-order valence-corrected chi connectivity index (χ4v) is 2.42. The second kappa shape index (κ2) is 6.61. The van der Waals surface area contributed by atoms with Crippen LogP contribution in [0.4, 0.5) is 5.69 Å². The highest BCUT2D eigenvalue weighted by molar-refractivity contribution is 5.93. The second-order valence-corrected chi connectivity index (χ2v) is 5.03. The van der Waals surface area contributed by atoms with E-state index < -0.39 is 0 Å². The minimum atomic E-state index is 0.0210. The van der Waals surface area contributed by atoms with Gasteiger partial charge in [-0.1, -0.05) is 6.92 Å². The predicted molar refractivity (Wildman–Crippen MR) is 78.3 cm³/mol. The molecule has 2 rings (SSSR count). The van der Waals surface area contributed by atoms with Gasteiger partial charge >= 0.3 is 0 Å². The lowest BCUT2D eigenvalue weighted by Gasteiger charge is -2.16. The molecule has 2 atom stereocenters. The van der Waals surface area contributed by atoms with E-state index in [1.807, 2.05) is 13.0 Å². The van der Waals surface area contributed by atoms with Crippen molar-refractivity contribution in [3.05, 3.63) is 18.2 Å². The largest absolute Gasteiger partial charge is 0.493 e. The molecule has 1 heterocycles. The quantitative estimate of drug-likeness (QED) is 0.863. The van der Waals surface area contributed by atoms with Crippen molar-refractivity contribution in [2.45, 2.75) is 13.8 Å². The molecule has 0 bridgehead atoms. The van der Waals surface area contributed by atoms with Crippen LogP contribution in [0.1, 0.15) is 13.8 Å². The van der Waals surface area contributed by atoms with Crippen molar-refractivity contribution in [2.75, 3.05) is 32.1 Å². The van der Waals surface area contributed by atoms with Gasteiger partial charge in [-0.05, 0) is 31.5 Å². The molecule has 1 fully saturated rings. The van der Waals surface area contributed by atoms with Gasteiger partial charge in [0.1, 0.15) is 0 Å². The maximum Gasteiger partial charge on any atom is 0.229 e. The van der Waals surface area contributed by atoms with Gasteiger partial charge in [0.25, 0.3) is 0 Å².